The maximum Gasteiger partial charge on any atom is 0.0472 e. The molecule has 2 nitrogen and oxygen atoms in total. The fourth-order valence-corrected chi connectivity index (χ4v) is 1.77. The molecule has 8 heavy (non-hydrogen) atoms. The molecule has 48 valence electrons. The van der Waals surface area contributed by atoms with Crippen molar-refractivity contribution in [3.05, 3.63) is 0 Å². The molecule has 1 fully saturated rings. The van der Waals surface area contributed by atoms with E-state index in [1.165, 1.54) is 6.42 Å². The van der Waals surface area contributed by atoms with Gasteiger partial charge in [0, 0.05) is 42.6 Å². The van der Waals surface area contributed by atoms with Gasteiger partial charge < -0.3 is 5.11 Å². The monoisotopic (exact) mass is 227 g/mol. The number of rotatable bonds is 1. The lowest BCUT2D eigenvalue weighted by atomic mass is 10.1. The van der Waals surface area contributed by atoms with Crippen LogP contribution in [0.3, 0.4) is 0 Å². The van der Waals surface area contributed by atoms with Gasteiger partial charge in [-0.3, -0.25) is 0 Å². The highest BCUT2D eigenvalue weighted by atomic mass is 127. The third-order valence-corrected chi connectivity index (χ3v) is 2.37. The fraction of sp³-hybridized carbons (Fsp3) is 1.00. The van der Waals surface area contributed by atoms with E-state index in [0.29, 0.717) is 12.5 Å². The van der Waals surface area contributed by atoms with Crippen LogP contribution >= 0.6 is 22.9 Å². The molecular weight excluding hydrogens is 217 g/mol. The highest BCUT2D eigenvalue weighted by molar-refractivity contribution is 14.1. The molecule has 1 N–H and O–H groups in total. The molecule has 0 bridgehead atoms. The zero-order valence-corrected chi connectivity index (χ0v) is 6.84. The first-order valence-corrected chi connectivity index (χ1v) is 3.81. The average Bonchev–Trinajstić information content (AvgIpc) is 2.14. The zero-order chi connectivity index (χ0) is 5.98. The van der Waals surface area contributed by atoms with E-state index in [1.54, 1.807) is 0 Å². The van der Waals surface area contributed by atoms with E-state index >= 15 is 0 Å². The van der Waals surface area contributed by atoms with Crippen LogP contribution in [0.2, 0.25) is 0 Å². The van der Waals surface area contributed by atoms with Crippen LogP contribution < -0.4 is 0 Å². The molecule has 1 aliphatic heterocycles. The van der Waals surface area contributed by atoms with Crippen LogP contribution in [0.15, 0.2) is 0 Å². The van der Waals surface area contributed by atoms with Crippen molar-refractivity contribution in [2.75, 3.05) is 19.7 Å². The second-order valence-electron chi connectivity index (χ2n) is 2.21. The van der Waals surface area contributed by atoms with Crippen molar-refractivity contribution in [1.29, 1.82) is 0 Å². The smallest absolute Gasteiger partial charge is 0.0472 e. The standard InChI is InChI=1S/C5H10INO/c6-7-2-1-5(3-7)4-8/h5,8H,1-4H2/t5-/m1/s1. The minimum Gasteiger partial charge on any atom is -0.396 e. The summed E-state index contributed by atoms with van der Waals surface area (Å²) in [6.07, 6.45) is 1.17. The number of nitrogens with zero attached hydrogens (tertiary/aromatic N) is 1. The Balaban J connectivity index is 2.22. The van der Waals surface area contributed by atoms with Crippen LogP contribution in [-0.2, 0) is 0 Å². The van der Waals surface area contributed by atoms with E-state index in [0.717, 1.165) is 13.1 Å². The predicted molar refractivity (Wildman–Crippen MR) is 40.8 cm³/mol. The molecule has 0 aliphatic carbocycles. The number of hydrogen-bond donors (Lipinski definition) is 1. The summed E-state index contributed by atoms with van der Waals surface area (Å²) in [6, 6.07) is 0. The molecule has 1 saturated heterocycles. The van der Waals surface area contributed by atoms with Crippen LogP contribution in [0.4, 0.5) is 0 Å². The molecular formula is C5H10INO. The molecule has 0 radical (unpaired) electrons. The molecule has 0 saturated carbocycles. The van der Waals surface area contributed by atoms with Crippen molar-refractivity contribution < 1.29 is 5.11 Å². The van der Waals surface area contributed by atoms with Crippen molar-refractivity contribution >= 4 is 22.9 Å². The first-order valence-electron chi connectivity index (χ1n) is 2.84. The number of aliphatic hydroxyl groups is 1. The average molecular weight is 227 g/mol. The summed E-state index contributed by atoms with van der Waals surface area (Å²) >= 11 is 2.29. The molecule has 1 aliphatic rings. The normalized spacial score (nSPS) is 31.5. The first kappa shape index (κ1) is 6.77. The van der Waals surface area contributed by atoms with Crippen LogP contribution in [-0.4, -0.2) is 27.9 Å². The second kappa shape index (κ2) is 2.98. The summed E-state index contributed by atoms with van der Waals surface area (Å²) in [4.78, 5) is 0. The van der Waals surface area contributed by atoms with Gasteiger partial charge in [-0.25, -0.2) is 3.11 Å². The van der Waals surface area contributed by atoms with E-state index in [1.807, 2.05) is 0 Å². The summed E-state index contributed by atoms with van der Waals surface area (Å²) < 4.78 is 2.22. The van der Waals surface area contributed by atoms with Gasteiger partial charge in [0.05, 0.1) is 0 Å². The Morgan fingerprint density at radius 2 is 2.50 bits per heavy atom. The minimum absolute atomic E-state index is 0.361. The van der Waals surface area contributed by atoms with Gasteiger partial charge >= 0.3 is 0 Å². The van der Waals surface area contributed by atoms with Crippen LogP contribution in [0.5, 0.6) is 0 Å². The maximum absolute atomic E-state index is 8.65. The Hall–Kier alpha value is 0.650. The van der Waals surface area contributed by atoms with Gasteiger partial charge in [0.25, 0.3) is 0 Å². The van der Waals surface area contributed by atoms with Gasteiger partial charge in [-0.05, 0) is 12.3 Å². The molecule has 1 atom stereocenters. The highest BCUT2D eigenvalue weighted by Crippen LogP contribution is 2.17. The van der Waals surface area contributed by atoms with Crippen molar-refractivity contribution in [2.24, 2.45) is 5.92 Å². The second-order valence-corrected chi connectivity index (χ2v) is 3.57. The largest absolute Gasteiger partial charge is 0.396 e. The molecule has 0 amide bonds. The minimum atomic E-state index is 0.361. The third kappa shape index (κ3) is 1.56. The molecule has 0 unspecified atom stereocenters. The summed E-state index contributed by atoms with van der Waals surface area (Å²) in [5.41, 5.74) is 0. The Bertz CT molecular complexity index is 78.8. The van der Waals surface area contributed by atoms with Gasteiger partial charge in [0.15, 0.2) is 0 Å². The molecule has 0 aromatic carbocycles. The Morgan fingerprint density at radius 1 is 1.75 bits per heavy atom. The van der Waals surface area contributed by atoms with E-state index in [9.17, 15) is 0 Å². The topological polar surface area (TPSA) is 23.5 Å². The number of aliphatic hydroxyl groups excluding tert-OH is 1. The molecule has 0 spiro atoms. The van der Waals surface area contributed by atoms with Crippen molar-refractivity contribution in [1.82, 2.24) is 3.11 Å². The third-order valence-electron chi connectivity index (χ3n) is 1.49. The van der Waals surface area contributed by atoms with Gasteiger partial charge in [-0.2, -0.15) is 0 Å². The molecule has 0 aromatic rings. The molecule has 3 heteroatoms. The van der Waals surface area contributed by atoms with E-state index < -0.39 is 0 Å². The van der Waals surface area contributed by atoms with Gasteiger partial charge in [0.1, 0.15) is 0 Å². The molecule has 1 heterocycles. The van der Waals surface area contributed by atoms with Crippen LogP contribution in [0.25, 0.3) is 0 Å². The fourth-order valence-electron chi connectivity index (χ4n) is 0.934. The lowest BCUT2D eigenvalue weighted by Gasteiger charge is -2.02. The summed E-state index contributed by atoms with van der Waals surface area (Å²) in [6.45, 7) is 2.57. The zero-order valence-electron chi connectivity index (χ0n) is 4.68. The van der Waals surface area contributed by atoms with Gasteiger partial charge in [0.2, 0.25) is 0 Å². The van der Waals surface area contributed by atoms with Gasteiger partial charge in [-0.15, -0.1) is 0 Å². The maximum atomic E-state index is 8.65. The first-order chi connectivity index (χ1) is 3.83. The summed E-state index contributed by atoms with van der Waals surface area (Å²) in [7, 11) is 0. The van der Waals surface area contributed by atoms with Crippen molar-refractivity contribution in [3.63, 3.8) is 0 Å². The lowest BCUT2D eigenvalue weighted by molar-refractivity contribution is 0.235. The van der Waals surface area contributed by atoms with Crippen LogP contribution in [0, 0.1) is 5.92 Å². The Labute approximate surface area is 63.4 Å². The highest BCUT2D eigenvalue weighted by Gasteiger charge is 2.18. The molecule has 1 rings (SSSR count). The lowest BCUT2D eigenvalue weighted by Crippen LogP contribution is -2.09. The molecule has 0 aromatic heterocycles. The van der Waals surface area contributed by atoms with E-state index in [-0.39, 0.29) is 0 Å². The SMILES string of the molecule is OC[C@@H]1CCN(I)C1. The van der Waals surface area contributed by atoms with E-state index in [2.05, 4.69) is 26.0 Å². The Morgan fingerprint density at radius 3 is 2.75 bits per heavy atom. The van der Waals surface area contributed by atoms with Crippen LogP contribution in [0.1, 0.15) is 6.42 Å². The van der Waals surface area contributed by atoms with Gasteiger partial charge in [-0.1, -0.05) is 0 Å². The van der Waals surface area contributed by atoms with E-state index in [4.69, 9.17) is 5.11 Å². The summed E-state index contributed by atoms with van der Waals surface area (Å²) in [5.74, 6) is 0.548. The number of halogens is 1. The summed E-state index contributed by atoms with van der Waals surface area (Å²) in [5, 5.41) is 8.65. The van der Waals surface area contributed by atoms with Crippen molar-refractivity contribution in [2.45, 2.75) is 6.42 Å². The quantitative estimate of drug-likeness (QED) is 0.525. The Kier molecular flexibility index (Phi) is 2.52. The predicted octanol–water partition coefficient (Wildman–Crippen LogP) is 0.651. The van der Waals surface area contributed by atoms with Crippen molar-refractivity contribution in [3.8, 4) is 0 Å². The number of hydrogen-bond acceptors (Lipinski definition) is 2.